The van der Waals surface area contributed by atoms with Crippen molar-refractivity contribution in [2.24, 2.45) is 0 Å². The standard InChI is InChI=1S/C11H22N2S/c1-9(8-14-2)12-10-5-7-13-6-3-4-11(10)13/h9-12H,3-8H2,1-2H3. The maximum atomic E-state index is 3.79. The fraction of sp³-hybridized carbons (Fsp3) is 1.00. The Morgan fingerprint density at radius 1 is 1.43 bits per heavy atom. The van der Waals surface area contributed by atoms with Gasteiger partial charge in [0.15, 0.2) is 0 Å². The molecule has 2 saturated heterocycles. The van der Waals surface area contributed by atoms with Gasteiger partial charge in [0.05, 0.1) is 0 Å². The molecule has 14 heavy (non-hydrogen) atoms. The van der Waals surface area contributed by atoms with Gasteiger partial charge in [0.1, 0.15) is 0 Å². The van der Waals surface area contributed by atoms with Crippen LogP contribution in [0.5, 0.6) is 0 Å². The molecule has 3 unspecified atom stereocenters. The molecule has 2 rings (SSSR count). The fourth-order valence-electron chi connectivity index (χ4n) is 2.94. The average Bonchev–Trinajstić information content (AvgIpc) is 2.70. The van der Waals surface area contributed by atoms with Crippen LogP contribution in [0.3, 0.4) is 0 Å². The van der Waals surface area contributed by atoms with E-state index in [1.54, 1.807) is 0 Å². The third-order valence-corrected chi connectivity index (χ3v) is 4.35. The molecular weight excluding hydrogens is 192 g/mol. The van der Waals surface area contributed by atoms with Crippen LogP contribution in [0.25, 0.3) is 0 Å². The molecule has 0 bridgehead atoms. The Labute approximate surface area is 91.8 Å². The lowest BCUT2D eigenvalue weighted by atomic mass is 10.1. The van der Waals surface area contributed by atoms with Gasteiger partial charge in [-0.25, -0.2) is 0 Å². The summed E-state index contributed by atoms with van der Waals surface area (Å²) in [5, 5.41) is 3.79. The number of hydrogen-bond donors (Lipinski definition) is 1. The van der Waals surface area contributed by atoms with E-state index in [2.05, 4.69) is 23.4 Å². The first-order chi connectivity index (χ1) is 6.81. The van der Waals surface area contributed by atoms with Crippen LogP contribution in [0.1, 0.15) is 26.2 Å². The van der Waals surface area contributed by atoms with Gasteiger partial charge < -0.3 is 5.32 Å². The molecule has 0 amide bonds. The fourth-order valence-corrected chi connectivity index (χ4v) is 3.54. The number of nitrogens with zero attached hydrogens (tertiary/aromatic N) is 1. The second kappa shape index (κ2) is 4.86. The third kappa shape index (κ3) is 2.26. The summed E-state index contributed by atoms with van der Waals surface area (Å²) in [5.74, 6) is 1.24. The molecule has 3 atom stereocenters. The monoisotopic (exact) mass is 214 g/mol. The second-order valence-corrected chi connectivity index (χ2v) is 5.57. The van der Waals surface area contributed by atoms with Crippen molar-refractivity contribution in [1.82, 2.24) is 10.2 Å². The van der Waals surface area contributed by atoms with E-state index in [0.29, 0.717) is 6.04 Å². The van der Waals surface area contributed by atoms with Gasteiger partial charge in [-0.1, -0.05) is 0 Å². The predicted octanol–water partition coefficient (Wildman–Crippen LogP) is 1.56. The predicted molar refractivity (Wildman–Crippen MR) is 64.0 cm³/mol. The van der Waals surface area contributed by atoms with Crippen LogP contribution >= 0.6 is 11.8 Å². The minimum Gasteiger partial charge on any atom is -0.309 e. The molecule has 0 radical (unpaired) electrons. The van der Waals surface area contributed by atoms with E-state index in [4.69, 9.17) is 0 Å². The van der Waals surface area contributed by atoms with E-state index in [9.17, 15) is 0 Å². The molecule has 0 aromatic heterocycles. The first-order valence-corrected chi connectivity index (χ1v) is 7.19. The molecule has 0 aromatic rings. The number of thioether (sulfide) groups is 1. The highest BCUT2D eigenvalue weighted by Crippen LogP contribution is 2.28. The number of fused-ring (bicyclic) bond motifs is 1. The lowest BCUT2D eigenvalue weighted by Gasteiger charge is -2.24. The van der Waals surface area contributed by atoms with E-state index in [1.165, 1.54) is 38.1 Å². The zero-order valence-electron chi connectivity index (χ0n) is 9.33. The van der Waals surface area contributed by atoms with E-state index in [1.807, 2.05) is 11.8 Å². The Morgan fingerprint density at radius 3 is 3.07 bits per heavy atom. The average molecular weight is 214 g/mol. The van der Waals surface area contributed by atoms with Crippen LogP contribution in [0, 0.1) is 0 Å². The molecular formula is C11H22N2S. The Morgan fingerprint density at radius 2 is 2.29 bits per heavy atom. The van der Waals surface area contributed by atoms with Crippen molar-refractivity contribution < 1.29 is 0 Å². The summed E-state index contributed by atoms with van der Waals surface area (Å²) in [6.07, 6.45) is 6.39. The molecule has 2 heterocycles. The Balaban J connectivity index is 1.80. The number of nitrogens with one attached hydrogen (secondary N) is 1. The summed E-state index contributed by atoms with van der Waals surface area (Å²) in [6, 6.07) is 2.31. The minimum atomic E-state index is 0.676. The maximum Gasteiger partial charge on any atom is 0.0250 e. The summed E-state index contributed by atoms with van der Waals surface area (Å²) in [7, 11) is 0. The Hall–Kier alpha value is 0.270. The molecule has 0 saturated carbocycles. The van der Waals surface area contributed by atoms with Gasteiger partial charge in [-0.15, -0.1) is 0 Å². The largest absolute Gasteiger partial charge is 0.309 e. The van der Waals surface area contributed by atoms with Crippen molar-refractivity contribution in [3.05, 3.63) is 0 Å². The number of rotatable bonds is 4. The molecule has 0 spiro atoms. The van der Waals surface area contributed by atoms with E-state index in [0.717, 1.165) is 12.1 Å². The second-order valence-electron chi connectivity index (χ2n) is 4.66. The maximum absolute atomic E-state index is 3.79. The Bertz CT molecular complexity index is 186. The normalized spacial score (nSPS) is 34.7. The number of hydrogen-bond acceptors (Lipinski definition) is 3. The summed E-state index contributed by atoms with van der Waals surface area (Å²) in [5.41, 5.74) is 0. The third-order valence-electron chi connectivity index (χ3n) is 3.52. The topological polar surface area (TPSA) is 15.3 Å². The zero-order valence-corrected chi connectivity index (χ0v) is 10.1. The van der Waals surface area contributed by atoms with Gasteiger partial charge in [-0.2, -0.15) is 11.8 Å². The molecule has 0 aromatic carbocycles. The van der Waals surface area contributed by atoms with Crippen molar-refractivity contribution in [3.63, 3.8) is 0 Å². The van der Waals surface area contributed by atoms with Gasteiger partial charge in [0.2, 0.25) is 0 Å². The highest BCUT2D eigenvalue weighted by Gasteiger charge is 2.37. The molecule has 1 N–H and O–H groups in total. The zero-order chi connectivity index (χ0) is 9.97. The van der Waals surface area contributed by atoms with Gasteiger partial charge in [-0.3, -0.25) is 4.90 Å². The van der Waals surface area contributed by atoms with Gasteiger partial charge in [0, 0.05) is 30.4 Å². The molecule has 2 nitrogen and oxygen atoms in total. The molecule has 2 aliphatic rings. The van der Waals surface area contributed by atoms with E-state index < -0.39 is 0 Å². The van der Waals surface area contributed by atoms with Crippen molar-refractivity contribution in [3.8, 4) is 0 Å². The van der Waals surface area contributed by atoms with Crippen LogP contribution in [-0.4, -0.2) is 48.1 Å². The molecule has 2 aliphatic heterocycles. The van der Waals surface area contributed by atoms with Gasteiger partial charge in [-0.05, 0) is 39.0 Å². The summed E-state index contributed by atoms with van der Waals surface area (Å²) in [6.45, 7) is 4.99. The lowest BCUT2D eigenvalue weighted by Crippen LogP contribution is -2.44. The van der Waals surface area contributed by atoms with Crippen LogP contribution < -0.4 is 5.32 Å². The smallest absolute Gasteiger partial charge is 0.0250 e. The summed E-state index contributed by atoms with van der Waals surface area (Å²) < 4.78 is 0. The van der Waals surface area contributed by atoms with Gasteiger partial charge in [0.25, 0.3) is 0 Å². The highest BCUT2D eigenvalue weighted by molar-refractivity contribution is 7.98. The molecule has 3 heteroatoms. The van der Waals surface area contributed by atoms with Crippen molar-refractivity contribution in [2.75, 3.05) is 25.1 Å². The van der Waals surface area contributed by atoms with Crippen LogP contribution in [0.2, 0.25) is 0 Å². The van der Waals surface area contributed by atoms with Gasteiger partial charge >= 0.3 is 0 Å². The quantitative estimate of drug-likeness (QED) is 0.764. The molecule has 0 aliphatic carbocycles. The van der Waals surface area contributed by atoms with Crippen molar-refractivity contribution >= 4 is 11.8 Å². The summed E-state index contributed by atoms with van der Waals surface area (Å²) in [4.78, 5) is 2.67. The van der Waals surface area contributed by atoms with E-state index in [-0.39, 0.29) is 0 Å². The summed E-state index contributed by atoms with van der Waals surface area (Å²) >= 11 is 1.94. The highest BCUT2D eigenvalue weighted by atomic mass is 32.2. The lowest BCUT2D eigenvalue weighted by molar-refractivity contribution is 0.293. The first-order valence-electron chi connectivity index (χ1n) is 5.80. The SMILES string of the molecule is CSCC(C)NC1CCN2CCCC12. The molecule has 82 valence electrons. The van der Waals surface area contributed by atoms with Crippen LogP contribution in [0.4, 0.5) is 0 Å². The first kappa shape index (κ1) is 10.8. The molecule has 2 fully saturated rings. The van der Waals surface area contributed by atoms with Crippen molar-refractivity contribution in [2.45, 2.75) is 44.3 Å². The van der Waals surface area contributed by atoms with Crippen LogP contribution in [0.15, 0.2) is 0 Å². The van der Waals surface area contributed by atoms with Crippen molar-refractivity contribution in [1.29, 1.82) is 0 Å². The van der Waals surface area contributed by atoms with E-state index >= 15 is 0 Å². The Kier molecular flexibility index (Phi) is 3.74. The van der Waals surface area contributed by atoms with Crippen LogP contribution in [-0.2, 0) is 0 Å². The minimum absolute atomic E-state index is 0.676.